The first kappa shape index (κ1) is 15.3. The van der Waals surface area contributed by atoms with Gasteiger partial charge in [-0.05, 0) is 13.0 Å². The molecule has 1 saturated heterocycles. The van der Waals surface area contributed by atoms with Crippen molar-refractivity contribution in [3.8, 4) is 5.75 Å². The number of aliphatic carboxylic acids is 1. The molecule has 6 heteroatoms. The van der Waals surface area contributed by atoms with Crippen LogP contribution in [0.1, 0.15) is 12.5 Å². The normalized spacial score (nSPS) is 16.2. The summed E-state index contributed by atoms with van der Waals surface area (Å²) < 4.78 is 10.5. The molecule has 0 radical (unpaired) electrons. The van der Waals surface area contributed by atoms with Gasteiger partial charge in [-0.25, -0.2) is 4.79 Å². The van der Waals surface area contributed by atoms with E-state index in [1.54, 1.807) is 12.0 Å². The molecule has 0 aliphatic carbocycles. The van der Waals surface area contributed by atoms with Gasteiger partial charge in [0.2, 0.25) is 5.91 Å². The molecular weight excluding hydrogens is 274 g/mol. The topological polar surface area (TPSA) is 76.1 Å². The number of amides is 1. The SMILES string of the molecule is COc1ccccc1CC(=O)N1CC(C)(OCC(=O)O)C1. The molecule has 0 aromatic heterocycles. The fourth-order valence-electron chi connectivity index (χ4n) is 2.39. The van der Waals surface area contributed by atoms with Crippen molar-refractivity contribution in [3.05, 3.63) is 29.8 Å². The first-order valence-electron chi connectivity index (χ1n) is 6.69. The number of nitrogens with zero attached hydrogens (tertiary/aromatic N) is 1. The average Bonchev–Trinajstić information content (AvgIpc) is 2.42. The second-order valence-corrected chi connectivity index (χ2v) is 5.37. The molecule has 1 heterocycles. The summed E-state index contributed by atoms with van der Waals surface area (Å²) in [7, 11) is 1.57. The summed E-state index contributed by atoms with van der Waals surface area (Å²) in [6, 6.07) is 7.39. The number of carbonyl (C=O) groups is 2. The van der Waals surface area contributed by atoms with E-state index in [4.69, 9.17) is 14.6 Å². The van der Waals surface area contributed by atoms with Crippen LogP contribution in [-0.4, -0.2) is 54.3 Å². The molecule has 0 atom stereocenters. The molecule has 1 aliphatic heterocycles. The molecule has 114 valence electrons. The van der Waals surface area contributed by atoms with Crippen molar-refractivity contribution in [3.63, 3.8) is 0 Å². The van der Waals surface area contributed by atoms with Gasteiger partial charge in [-0.15, -0.1) is 0 Å². The number of hydrogen-bond acceptors (Lipinski definition) is 4. The number of ether oxygens (including phenoxy) is 2. The molecule has 6 nitrogen and oxygen atoms in total. The minimum Gasteiger partial charge on any atom is -0.496 e. The molecule has 0 saturated carbocycles. The lowest BCUT2D eigenvalue weighted by molar-refractivity contribution is -0.172. The van der Waals surface area contributed by atoms with E-state index in [2.05, 4.69) is 0 Å². The lowest BCUT2D eigenvalue weighted by atomic mass is 9.95. The second kappa shape index (κ2) is 6.13. The fraction of sp³-hybridized carbons (Fsp3) is 0.467. The van der Waals surface area contributed by atoms with Crippen molar-refractivity contribution in [2.45, 2.75) is 18.9 Å². The van der Waals surface area contributed by atoms with Crippen LogP contribution in [0, 0.1) is 0 Å². The molecule has 0 unspecified atom stereocenters. The molecule has 1 aromatic carbocycles. The molecule has 1 aliphatic rings. The first-order valence-corrected chi connectivity index (χ1v) is 6.69. The Hall–Kier alpha value is -2.08. The summed E-state index contributed by atoms with van der Waals surface area (Å²) in [5.74, 6) is -0.331. The van der Waals surface area contributed by atoms with Gasteiger partial charge in [-0.3, -0.25) is 4.79 Å². The number of carboxylic acids is 1. The van der Waals surface area contributed by atoms with Crippen LogP contribution < -0.4 is 4.74 Å². The second-order valence-electron chi connectivity index (χ2n) is 5.37. The molecule has 0 spiro atoms. The standard InChI is InChI=1S/C15H19NO5/c1-15(21-8-14(18)19)9-16(10-15)13(17)7-11-5-3-4-6-12(11)20-2/h3-6H,7-10H2,1-2H3,(H,18,19). The van der Waals surface area contributed by atoms with Crippen molar-refractivity contribution in [1.29, 1.82) is 0 Å². The Morgan fingerprint density at radius 1 is 1.33 bits per heavy atom. The zero-order valence-electron chi connectivity index (χ0n) is 12.2. The predicted octanol–water partition coefficient (Wildman–Crippen LogP) is 0.940. The summed E-state index contributed by atoms with van der Waals surface area (Å²) in [4.78, 5) is 24.3. The van der Waals surface area contributed by atoms with E-state index in [1.807, 2.05) is 31.2 Å². The largest absolute Gasteiger partial charge is 0.496 e. The highest BCUT2D eigenvalue weighted by Crippen LogP contribution is 2.26. The summed E-state index contributed by atoms with van der Waals surface area (Å²) >= 11 is 0. The van der Waals surface area contributed by atoms with E-state index in [1.165, 1.54) is 0 Å². The number of likely N-dealkylation sites (tertiary alicyclic amines) is 1. The van der Waals surface area contributed by atoms with Gasteiger partial charge in [0.15, 0.2) is 0 Å². The van der Waals surface area contributed by atoms with Gasteiger partial charge in [-0.1, -0.05) is 18.2 Å². The molecule has 0 bridgehead atoms. The lowest BCUT2D eigenvalue weighted by Crippen LogP contribution is -2.63. The summed E-state index contributed by atoms with van der Waals surface area (Å²) in [5.41, 5.74) is 0.277. The summed E-state index contributed by atoms with van der Waals surface area (Å²) in [6.45, 7) is 2.29. The van der Waals surface area contributed by atoms with Crippen LogP contribution in [0.5, 0.6) is 5.75 Å². The average molecular weight is 293 g/mol. The Morgan fingerprint density at radius 2 is 2.00 bits per heavy atom. The maximum Gasteiger partial charge on any atom is 0.329 e. The highest BCUT2D eigenvalue weighted by atomic mass is 16.5. The highest BCUT2D eigenvalue weighted by Gasteiger charge is 2.42. The molecule has 1 fully saturated rings. The Labute approximate surface area is 123 Å². The third-order valence-electron chi connectivity index (χ3n) is 3.48. The fourth-order valence-corrected chi connectivity index (χ4v) is 2.39. The van der Waals surface area contributed by atoms with E-state index in [0.29, 0.717) is 18.8 Å². The zero-order valence-corrected chi connectivity index (χ0v) is 12.2. The smallest absolute Gasteiger partial charge is 0.329 e. The van der Waals surface area contributed by atoms with Crippen LogP contribution in [0.2, 0.25) is 0 Å². The number of carboxylic acid groups (broad SMARTS) is 1. The van der Waals surface area contributed by atoms with Gasteiger partial charge in [0.05, 0.1) is 26.6 Å². The van der Waals surface area contributed by atoms with E-state index in [-0.39, 0.29) is 18.9 Å². The summed E-state index contributed by atoms with van der Waals surface area (Å²) in [5, 5.41) is 8.60. The molecule has 1 N–H and O–H groups in total. The third kappa shape index (κ3) is 3.72. The number of para-hydroxylation sites is 1. The molecule has 2 rings (SSSR count). The number of hydrogen-bond donors (Lipinski definition) is 1. The van der Waals surface area contributed by atoms with Crippen molar-refractivity contribution in [1.82, 2.24) is 4.90 Å². The number of rotatable bonds is 6. The van der Waals surface area contributed by atoms with Crippen LogP contribution in [0.15, 0.2) is 24.3 Å². The van der Waals surface area contributed by atoms with Crippen molar-refractivity contribution in [2.24, 2.45) is 0 Å². The first-order chi connectivity index (χ1) is 9.93. The van der Waals surface area contributed by atoms with Crippen molar-refractivity contribution in [2.75, 3.05) is 26.8 Å². The molecule has 1 amide bonds. The van der Waals surface area contributed by atoms with Crippen LogP contribution in [0.25, 0.3) is 0 Å². The molecule has 21 heavy (non-hydrogen) atoms. The predicted molar refractivity (Wildman–Crippen MR) is 75.3 cm³/mol. The maximum atomic E-state index is 12.2. The maximum absolute atomic E-state index is 12.2. The Morgan fingerprint density at radius 3 is 2.62 bits per heavy atom. The van der Waals surface area contributed by atoms with E-state index >= 15 is 0 Å². The molecule has 1 aromatic rings. The van der Waals surface area contributed by atoms with Crippen molar-refractivity contribution >= 4 is 11.9 Å². The van der Waals surface area contributed by atoms with E-state index < -0.39 is 11.6 Å². The van der Waals surface area contributed by atoms with Gasteiger partial charge < -0.3 is 19.5 Å². The van der Waals surface area contributed by atoms with E-state index in [9.17, 15) is 9.59 Å². The van der Waals surface area contributed by atoms with Crippen LogP contribution >= 0.6 is 0 Å². The lowest BCUT2D eigenvalue weighted by Gasteiger charge is -2.47. The zero-order chi connectivity index (χ0) is 15.5. The van der Waals surface area contributed by atoms with Gasteiger partial charge >= 0.3 is 5.97 Å². The Balaban J connectivity index is 1.88. The third-order valence-corrected chi connectivity index (χ3v) is 3.48. The number of methoxy groups -OCH3 is 1. The van der Waals surface area contributed by atoms with E-state index in [0.717, 1.165) is 5.56 Å². The number of carbonyl (C=O) groups excluding carboxylic acids is 1. The minimum absolute atomic E-state index is 0.0177. The quantitative estimate of drug-likeness (QED) is 0.844. The van der Waals surface area contributed by atoms with Crippen LogP contribution in [-0.2, 0) is 20.7 Å². The van der Waals surface area contributed by atoms with Crippen LogP contribution in [0.3, 0.4) is 0 Å². The molecular formula is C15H19NO5. The van der Waals surface area contributed by atoms with Gasteiger partial charge in [0, 0.05) is 5.56 Å². The van der Waals surface area contributed by atoms with Gasteiger partial charge in [0.25, 0.3) is 0 Å². The Kier molecular flexibility index (Phi) is 4.47. The highest BCUT2D eigenvalue weighted by molar-refractivity contribution is 5.80. The Bertz CT molecular complexity index is 537. The monoisotopic (exact) mass is 293 g/mol. The summed E-state index contributed by atoms with van der Waals surface area (Å²) in [6.07, 6.45) is 0.263. The minimum atomic E-state index is -1.00. The van der Waals surface area contributed by atoms with Gasteiger partial charge in [0.1, 0.15) is 18.0 Å². The van der Waals surface area contributed by atoms with Crippen LogP contribution in [0.4, 0.5) is 0 Å². The number of benzene rings is 1. The van der Waals surface area contributed by atoms with Crippen molar-refractivity contribution < 1.29 is 24.2 Å². The van der Waals surface area contributed by atoms with Gasteiger partial charge in [-0.2, -0.15) is 0 Å².